The van der Waals surface area contributed by atoms with Crippen LogP contribution in [0.25, 0.3) is 38.8 Å². The number of anilines is 1. The summed E-state index contributed by atoms with van der Waals surface area (Å²) in [6.07, 6.45) is 17.7. The first-order chi connectivity index (χ1) is 24.5. The van der Waals surface area contributed by atoms with Crippen molar-refractivity contribution >= 4 is 34.0 Å². The van der Waals surface area contributed by atoms with Crippen LogP contribution in [0, 0.1) is 0 Å². The summed E-state index contributed by atoms with van der Waals surface area (Å²) in [6.45, 7) is 9.35. The van der Waals surface area contributed by atoms with Gasteiger partial charge in [-0.15, -0.1) is 17.9 Å². The molecule has 8 nitrogen and oxygen atoms in total. The Balaban J connectivity index is 0.000000162. The van der Waals surface area contributed by atoms with Gasteiger partial charge in [0.1, 0.15) is 11.5 Å². The SMILES string of the molecule is C(=C1CCC1)c1ccc(-c2cncs2)cc1.C=CCn1c(-c2ccccc2)ncc(NC)c1=O.CCCC.CNCc1cc2cnccc2[nH]1. The zero-order chi connectivity index (χ0) is 35.6. The highest BCUT2D eigenvalue weighted by Crippen LogP contribution is 2.29. The van der Waals surface area contributed by atoms with E-state index in [2.05, 4.69) is 87.4 Å². The first-order valence-corrected chi connectivity index (χ1v) is 18.1. The number of pyridine rings is 1. The number of fused-ring (bicyclic) bond motifs is 1. The van der Waals surface area contributed by atoms with Crippen LogP contribution in [0.15, 0.2) is 120 Å². The molecule has 0 aliphatic heterocycles. The van der Waals surface area contributed by atoms with Crippen molar-refractivity contribution in [1.29, 1.82) is 0 Å². The van der Waals surface area contributed by atoms with Gasteiger partial charge in [-0.3, -0.25) is 19.3 Å². The van der Waals surface area contributed by atoms with Crippen molar-refractivity contribution in [3.63, 3.8) is 0 Å². The molecule has 0 bridgehead atoms. The van der Waals surface area contributed by atoms with Gasteiger partial charge in [-0.05, 0) is 49.6 Å². The highest BCUT2D eigenvalue weighted by atomic mass is 32.1. The van der Waals surface area contributed by atoms with Crippen molar-refractivity contribution in [3.8, 4) is 21.8 Å². The predicted molar refractivity (Wildman–Crippen MR) is 212 cm³/mol. The standard InChI is InChI=1S/C14H15N3O.C14H13NS.C9H11N3.C4H10/c1-3-9-17-13(11-7-5-4-6-8-11)16-10-12(15-2)14(17)18;1-2-11(3-1)8-12-4-6-13(7-5-12)14-9-15-10-16-14;1-10-6-8-4-7-5-11-3-2-9(7)12-8;1-3-4-2/h3-8,10,15H,1,9H2,2H3;4-10H,1-3H2;2-5,10,12H,6H2,1H3;3-4H2,1-2H3. The number of H-pyrrole nitrogens is 1. The zero-order valence-electron chi connectivity index (χ0n) is 29.7. The summed E-state index contributed by atoms with van der Waals surface area (Å²) in [4.78, 5) is 29.2. The average molecular weight is 688 g/mol. The molecule has 0 spiro atoms. The third kappa shape index (κ3) is 10.9. The van der Waals surface area contributed by atoms with Crippen LogP contribution in [0.5, 0.6) is 0 Å². The van der Waals surface area contributed by atoms with Gasteiger partial charge in [0.15, 0.2) is 0 Å². The van der Waals surface area contributed by atoms with E-state index < -0.39 is 0 Å². The maximum atomic E-state index is 12.2. The van der Waals surface area contributed by atoms with E-state index in [4.69, 9.17) is 0 Å². The summed E-state index contributed by atoms with van der Waals surface area (Å²) in [7, 11) is 3.64. The molecular weight excluding hydrogens is 639 g/mol. The molecule has 4 heterocycles. The number of nitrogens with one attached hydrogen (secondary N) is 3. The second-order valence-electron chi connectivity index (χ2n) is 11.7. The highest BCUT2D eigenvalue weighted by Gasteiger charge is 2.10. The number of nitrogens with zero attached hydrogens (tertiary/aromatic N) is 4. The molecule has 1 fully saturated rings. The number of benzene rings is 2. The van der Waals surface area contributed by atoms with E-state index in [-0.39, 0.29) is 5.56 Å². The van der Waals surface area contributed by atoms with E-state index in [1.807, 2.05) is 61.4 Å². The minimum absolute atomic E-state index is 0.0914. The normalized spacial score (nSPS) is 11.5. The average Bonchev–Trinajstić information content (AvgIpc) is 3.83. The van der Waals surface area contributed by atoms with Gasteiger partial charge >= 0.3 is 0 Å². The molecule has 0 radical (unpaired) electrons. The van der Waals surface area contributed by atoms with E-state index in [0.29, 0.717) is 18.1 Å². The van der Waals surface area contributed by atoms with Crippen molar-refractivity contribution in [3.05, 3.63) is 137 Å². The number of unbranched alkanes of at least 4 members (excludes halogenated alkanes) is 1. The van der Waals surface area contributed by atoms with Gasteiger partial charge in [0.25, 0.3) is 5.56 Å². The van der Waals surface area contributed by atoms with Gasteiger partial charge in [0.05, 0.1) is 16.6 Å². The molecule has 1 aliphatic rings. The van der Waals surface area contributed by atoms with Crippen molar-refractivity contribution < 1.29 is 0 Å². The molecule has 6 aromatic rings. The van der Waals surface area contributed by atoms with Crippen LogP contribution in [0.1, 0.15) is 57.2 Å². The van der Waals surface area contributed by atoms with Gasteiger partial charge in [-0.2, -0.15) is 0 Å². The summed E-state index contributed by atoms with van der Waals surface area (Å²) in [5.41, 5.74) is 9.70. The molecule has 50 heavy (non-hydrogen) atoms. The molecule has 260 valence electrons. The highest BCUT2D eigenvalue weighted by molar-refractivity contribution is 7.13. The molecule has 0 atom stereocenters. The summed E-state index contributed by atoms with van der Waals surface area (Å²) < 4.78 is 1.61. The Morgan fingerprint density at radius 1 is 0.940 bits per heavy atom. The lowest BCUT2D eigenvalue weighted by atomic mass is 9.90. The third-order valence-corrected chi connectivity index (χ3v) is 8.82. The van der Waals surface area contributed by atoms with Crippen molar-refractivity contribution in [1.82, 2.24) is 29.8 Å². The van der Waals surface area contributed by atoms with Gasteiger partial charge in [-0.1, -0.05) is 99.0 Å². The fourth-order valence-corrected chi connectivity index (χ4v) is 5.59. The Morgan fingerprint density at radius 2 is 1.70 bits per heavy atom. The third-order valence-electron chi connectivity index (χ3n) is 8.00. The largest absolute Gasteiger partial charge is 0.382 e. The molecule has 3 N–H and O–H groups in total. The van der Waals surface area contributed by atoms with Crippen LogP contribution in [-0.2, 0) is 13.1 Å². The lowest BCUT2D eigenvalue weighted by molar-refractivity contribution is 0.670. The number of aromatic nitrogens is 5. The van der Waals surface area contributed by atoms with E-state index in [1.54, 1.807) is 47.0 Å². The van der Waals surface area contributed by atoms with Crippen molar-refractivity contribution in [2.24, 2.45) is 0 Å². The molecule has 4 aromatic heterocycles. The second kappa shape index (κ2) is 20.4. The molecule has 7 rings (SSSR count). The topological polar surface area (TPSA) is 101 Å². The lowest BCUT2D eigenvalue weighted by Gasteiger charge is -2.15. The van der Waals surface area contributed by atoms with Crippen molar-refractivity contribution in [2.75, 3.05) is 19.4 Å². The maximum absolute atomic E-state index is 12.2. The number of thiazole rings is 1. The lowest BCUT2D eigenvalue weighted by Crippen LogP contribution is -2.24. The fourth-order valence-electron chi connectivity index (χ4n) is 4.96. The van der Waals surface area contributed by atoms with E-state index >= 15 is 0 Å². The molecule has 2 aromatic carbocycles. The molecule has 0 amide bonds. The van der Waals surface area contributed by atoms with Crippen LogP contribution in [-0.4, -0.2) is 38.6 Å². The number of aromatic amines is 1. The molecule has 1 saturated carbocycles. The van der Waals surface area contributed by atoms with Crippen LogP contribution in [0.2, 0.25) is 0 Å². The summed E-state index contributed by atoms with van der Waals surface area (Å²) in [6, 6.07) is 22.5. The molecule has 0 saturated heterocycles. The summed E-state index contributed by atoms with van der Waals surface area (Å²) in [5.74, 6) is 0.652. The Bertz CT molecular complexity index is 1920. The molecule has 1 aliphatic carbocycles. The van der Waals surface area contributed by atoms with Crippen LogP contribution >= 0.6 is 11.3 Å². The monoisotopic (exact) mass is 687 g/mol. The van der Waals surface area contributed by atoms with E-state index in [1.165, 1.54) is 59.2 Å². The first-order valence-electron chi connectivity index (χ1n) is 17.2. The van der Waals surface area contributed by atoms with Gasteiger partial charge < -0.3 is 15.6 Å². The smallest absolute Gasteiger partial charge is 0.277 e. The fraction of sp³-hybridized carbons (Fsp3) is 0.268. The molecule has 0 unspecified atom stereocenters. The molecular formula is C41H49N7OS. The van der Waals surface area contributed by atoms with Gasteiger partial charge in [-0.25, -0.2) is 4.98 Å². The maximum Gasteiger partial charge on any atom is 0.277 e. The summed E-state index contributed by atoms with van der Waals surface area (Å²) >= 11 is 1.68. The molecule has 9 heteroatoms. The Hall–Kier alpha value is -5.12. The van der Waals surface area contributed by atoms with E-state index in [0.717, 1.165) is 17.6 Å². The number of allylic oxidation sites excluding steroid dienone is 2. The van der Waals surface area contributed by atoms with Crippen LogP contribution < -0.4 is 16.2 Å². The number of hydrogen-bond acceptors (Lipinski definition) is 7. The Morgan fingerprint density at radius 3 is 2.28 bits per heavy atom. The Kier molecular flexibility index (Phi) is 15.4. The van der Waals surface area contributed by atoms with Gasteiger partial charge in [0, 0.05) is 60.9 Å². The zero-order valence-corrected chi connectivity index (χ0v) is 30.5. The van der Waals surface area contributed by atoms with Crippen LogP contribution in [0.4, 0.5) is 5.69 Å². The van der Waals surface area contributed by atoms with Gasteiger partial charge in [0.2, 0.25) is 0 Å². The summed E-state index contributed by atoms with van der Waals surface area (Å²) in [5, 5.41) is 7.11. The first kappa shape index (κ1) is 37.7. The minimum Gasteiger partial charge on any atom is -0.382 e. The predicted octanol–water partition coefficient (Wildman–Crippen LogP) is 9.60. The minimum atomic E-state index is -0.0914. The number of hydrogen-bond donors (Lipinski definition) is 3. The second-order valence-corrected chi connectivity index (χ2v) is 12.6. The quantitative estimate of drug-likeness (QED) is 0.131. The van der Waals surface area contributed by atoms with Crippen molar-refractivity contribution in [2.45, 2.75) is 59.0 Å². The Labute approximate surface area is 300 Å². The number of rotatable bonds is 9. The van der Waals surface area contributed by atoms with Crippen LogP contribution in [0.3, 0.4) is 0 Å². The van der Waals surface area contributed by atoms with E-state index in [9.17, 15) is 4.79 Å².